The lowest BCUT2D eigenvalue weighted by atomic mass is 10.3. The minimum absolute atomic E-state index is 0.443. The first-order valence-electron chi connectivity index (χ1n) is 4.21. The number of hydrogen-bond donors (Lipinski definition) is 0. The Morgan fingerprint density at radius 2 is 2.36 bits per heavy atom. The van der Waals surface area contributed by atoms with E-state index >= 15 is 0 Å². The number of ether oxygens (including phenoxy) is 1. The zero-order valence-electron chi connectivity index (χ0n) is 7.99. The Balaban J connectivity index is 2.58. The third kappa shape index (κ3) is 1.65. The Bertz CT molecular complexity index is 466. The molecule has 0 radical (unpaired) electrons. The van der Waals surface area contributed by atoms with Crippen LogP contribution in [-0.2, 0) is 11.3 Å². The van der Waals surface area contributed by atoms with E-state index in [2.05, 4.69) is 26.0 Å². The van der Waals surface area contributed by atoms with Gasteiger partial charge in [0, 0.05) is 17.8 Å². The molecular formula is C9H10BrN3O. The summed E-state index contributed by atoms with van der Waals surface area (Å²) in [5.74, 6) is 0.703. The monoisotopic (exact) mass is 255 g/mol. The largest absolute Gasteiger partial charge is 0.377 e. The summed E-state index contributed by atoms with van der Waals surface area (Å²) in [6.07, 6.45) is 1.88. The van der Waals surface area contributed by atoms with Crippen molar-refractivity contribution in [2.24, 2.45) is 0 Å². The molecule has 4 nitrogen and oxygen atoms in total. The van der Waals surface area contributed by atoms with Crippen LogP contribution in [0, 0.1) is 6.92 Å². The lowest BCUT2D eigenvalue weighted by Crippen LogP contribution is -1.91. The molecule has 0 aromatic carbocycles. The molecule has 2 rings (SSSR count). The maximum Gasteiger partial charge on any atom is 0.177 e. The van der Waals surface area contributed by atoms with Crippen LogP contribution in [-0.4, -0.2) is 21.7 Å². The average molecular weight is 256 g/mol. The number of methoxy groups -OCH3 is 1. The SMILES string of the molecule is COCc1nc2c(C)cc(Br)cn2n1. The number of fused-ring (bicyclic) bond motifs is 1. The van der Waals surface area contributed by atoms with E-state index in [4.69, 9.17) is 4.74 Å². The van der Waals surface area contributed by atoms with Crippen LogP contribution in [0.25, 0.3) is 5.65 Å². The molecule has 0 unspecified atom stereocenters. The van der Waals surface area contributed by atoms with E-state index in [0.717, 1.165) is 15.7 Å². The summed E-state index contributed by atoms with van der Waals surface area (Å²) in [5.41, 5.74) is 1.97. The first-order valence-corrected chi connectivity index (χ1v) is 5.00. The molecule has 5 heteroatoms. The molecule has 74 valence electrons. The molecule has 0 amide bonds. The van der Waals surface area contributed by atoms with Crippen molar-refractivity contribution in [2.45, 2.75) is 13.5 Å². The summed E-state index contributed by atoms with van der Waals surface area (Å²) in [7, 11) is 1.63. The van der Waals surface area contributed by atoms with E-state index in [1.54, 1.807) is 11.6 Å². The highest BCUT2D eigenvalue weighted by atomic mass is 79.9. The number of nitrogens with zero attached hydrogens (tertiary/aromatic N) is 3. The van der Waals surface area contributed by atoms with Crippen LogP contribution in [0.2, 0.25) is 0 Å². The molecular weight excluding hydrogens is 246 g/mol. The third-order valence-corrected chi connectivity index (χ3v) is 2.33. The molecule has 0 fully saturated rings. The van der Waals surface area contributed by atoms with E-state index in [-0.39, 0.29) is 0 Å². The Morgan fingerprint density at radius 3 is 3.07 bits per heavy atom. The normalized spacial score (nSPS) is 11.1. The van der Waals surface area contributed by atoms with Crippen molar-refractivity contribution in [3.8, 4) is 0 Å². The second-order valence-corrected chi connectivity index (χ2v) is 3.99. The predicted octanol–water partition coefficient (Wildman–Crippen LogP) is 1.95. The fourth-order valence-electron chi connectivity index (χ4n) is 1.34. The van der Waals surface area contributed by atoms with Gasteiger partial charge in [-0.15, -0.1) is 5.10 Å². The Labute approximate surface area is 90.0 Å². The van der Waals surface area contributed by atoms with Crippen molar-refractivity contribution >= 4 is 21.6 Å². The molecule has 2 aromatic heterocycles. The quantitative estimate of drug-likeness (QED) is 0.824. The fourth-order valence-corrected chi connectivity index (χ4v) is 1.88. The third-order valence-electron chi connectivity index (χ3n) is 1.90. The van der Waals surface area contributed by atoms with Crippen molar-refractivity contribution in [1.82, 2.24) is 14.6 Å². The van der Waals surface area contributed by atoms with Gasteiger partial charge in [-0.3, -0.25) is 0 Å². The van der Waals surface area contributed by atoms with Gasteiger partial charge in [0.25, 0.3) is 0 Å². The minimum Gasteiger partial charge on any atom is -0.377 e. The van der Waals surface area contributed by atoms with Crippen LogP contribution >= 0.6 is 15.9 Å². The topological polar surface area (TPSA) is 39.4 Å². The molecule has 0 aliphatic carbocycles. The van der Waals surface area contributed by atoms with Gasteiger partial charge < -0.3 is 4.74 Å². The molecule has 2 heterocycles. The Kier molecular flexibility index (Phi) is 2.52. The molecule has 0 bridgehead atoms. The van der Waals surface area contributed by atoms with Crippen molar-refractivity contribution < 1.29 is 4.74 Å². The minimum atomic E-state index is 0.443. The summed E-state index contributed by atoms with van der Waals surface area (Å²) in [6, 6.07) is 2.01. The molecule has 14 heavy (non-hydrogen) atoms. The van der Waals surface area contributed by atoms with Crippen molar-refractivity contribution in [3.05, 3.63) is 28.1 Å². The van der Waals surface area contributed by atoms with Crippen LogP contribution in [0.3, 0.4) is 0 Å². The number of hydrogen-bond acceptors (Lipinski definition) is 3. The van der Waals surface area contributed by atoms with Crippen LogP contribution in [0.4, 0.5) is 0 Å². The predicted molar refractivity (Wildman–Crippen MR) is 56.1 cm³/mol. The number of halogens is 1. The lowest BCUT2D eigenvalue weighted by Gasteiger charge is -1.96. The van der Waals surface area contributed by atoms with Crippen molar-refractivity contribution in [3.63, 3.8) is 0 Å². The van der Waals surface area contributed by atoms with Gasteiger partial charge >= 0.3 is 0 Å². The lowest BCUT2D eigenvalue weighted by molar-refractivity contribution is 0.178. The Hall–Kier alpha value is -0.940. The van der Waals surface area contributed by atoms with E-state index < -0.39 is 0 Å². The zero-order chi connectivity index (χ0) is 10.1. The highest BCUT2D eigenvalue weighted by molar-refractivity contribution is 9.10. The van der Waals surface area contributed by atoms with Gasteiger partial charge in [0.1, 0.15) is 6.61 Å². The van der Waals surface area contributed by atoms with Crippen molar-refractivity contribution in [2.75, 3.05) is 7.11 Å². The van der Waals surface area contributed by atoms with Crippen LogP contribution in [0.5, 0.6) is 0 Å². The molecule has 0 atom stereocenters. The first kappa shape index (κ1) is 9.61. The van der Waals surface area contributed by atoms with Crippen molar-refractivity contribution in [1.29, 1.82) is 0 Å². The fraction of sp³-hybridized carbons (Fsp3) is 0.333. The first-order chi connectivity index (χ1) is 6.70. The second-order valence-electron chi connectivity index (χ2n) is 3.07. The van der Waals surface area contributed by atoms with Gasteiger partial charge in [0.15, 0.2) is 11.5 Å². The number of aromatic nitrogens is 3. The molecule has 0 saturated carbocycles. The molecule has 0 aliphatic rings. The van der Waals surface area contributed by atoms with Gasteiger partial charge in [-0.1, -0.05) is 0 Å². The molecule has 0 spiro atoms. The standard InChI is InChI=1S/C9H10BrN3O/c1-6-3-7(10)4-13-9(6)11-8(12-13)5-14-2/h3-4H,5H2,1-2H3. The highest BCUT2D eigenvalue weighted by Gasteiger charge is 2.06. The van der Waals surface area contributed by atoms with Crippen LogP contribution in [0.15, 0.2) is 16.7 Å². The van der Waals surface area contributed by atoms with Gasteiger partial charge in [0.05, 0.1) is 0 Å². The molecule has 2 aromatic rings. The smallest absolute Gasteiger partial charge is 0.177 e. The summed E-state index contributed by atoms with van der Waals surface area (Å²) in [4.78, 5) is 4.35. The second kappa shape index (κ2) is 3.67. The van der Waals surface area contributed by atoms with Crippen LogP contribution in [0.1, 0.15) is 11.4 Å². The van der Waals surface area contributed by atoms with Gasteiger partial charge in [0.2, 0.25) is 0 Å². The Morgan fingerprint density at radius 1 is 1.57 bits per heavy atom. The highest BCUT2D eigenvalue weighted by Crippen LogP contribution is 2.15. The van der Waals surface area contributed by atoms with E-state index in [1.807, 2.05) is 19.2 Å². The summed E-state index contributed by atoms with van der Waals surface area (Å²) in [5, 5.41) is 4.27. The number of aryl methyl sites for hydroxylation is 1. The molecule has 0 aliphatic heterocycles. The maximum absolute atomic E-state index is 4.98. The zero-order valence-corrected chi connectivity index (χ0v) is 9.58. The summed E-state index contributed by atoms with van der Waals surface area (Å²) in [6.45, 7) is 2.45. The summed E-state index contributed by atoms with van der Waals surface area (Å²) < 4.78 is 7.73. The number of rotatable bonds is 2. The number of pyridine rings is 1. The molecule has 0 N–H and O–H groups in total. The maximum atomic E-state index is 4.98. The van der Waals surface area contributed by atoms with E-state index in [1.165, 1.54) is 0 Å². The van der Waals surface area contributed by atoms with Gasteiger partial charge in [-0.25, -0.2) is 9.50 Å². The molecule has 0 saturated heterocycles. The van der Waals surface area contributed by atoms with Crippen LogP contribution < -0.4 is 0 Å². The van der Waals surface area contributed by atoms with E-state index in [0.29, 0.717) is 12.4 Å². The van der Waals surface area contributed by atoms with E-state index in [9.17, 15) is 0 Å². The van der Waals surface area contributed by atoms with Gasteiger partial charge in [-0.05, 0) is 34.5 Å². The summed E-state index contributed by atoms with van der Waals surface area (Å²) >= 11 is 3.41. The average Bonchev–Trinajstić information content (AvgIpc) is 2.48. The van der Waals surface area contributed by atoms with Gasteiger partial charge in [-0.2, -0.15) is 0 Å².